The molecule has 1 N–H and O–H groups in total. The van der Waals surface area contributed by atoms with Gasteiger partial charge in [-0.25, -0.2) is 0 Å². The fourth-order valence-electron chi connectivity index (χ4n) is 2.77. The molecular weight excluding hydrogens is 318 g/mol. The van der Waals surface area contributed by atoms with Crippen LogP contribution in [0.3, 0.4) is 0 Å². The van der Waals surface area contributed by atoms with Crippen LogP contribution in [0.15, 0.2) is 54.6 Å². The van der Waals surface area contributed by atoms with Gasteiger partial charge in [0.25, 0.3) is 0 Å². The predicted octanol–water partition coefficient (Wildman–Crippen LogP) is 4.14. The smallest absolute Gasteiger partial charge is 0.192 e. The average Bonchev–Trinajstić information content (AvgIpc) is 2.99. The van der Waals surface area contributed by atoms with Crippen molar-refractivity contribution in [2.75, 3.05) is 0 Å². The van der Waals surface area contributed by atoms with E-state index < -0.39 is 12.0 Å². The number of nitriles is 1. The summed E-state index contributed by atoms with van der Waals surface area (Å²) in [7, 11) is 0. The second-order valence-corrected chi connectivity index (χ2v) is 6.96. The largest absolute Gasteiger partial charge is 0.391 e. The fraction of sp³-hybridized carbons (Fsp3) is 0.200. The number of nitrogens with zero attached hydrogens (tertiary/aromatic N) is 1. The van der Waals surface area contributed by atoms with Crippen molar-refractivity contribution in [2.24, 2.45) is 5.92 Å². The molecule has 2 unspecified atom stereocenters. The first-order valence-corrected chi connectivity index (χ1v) is 8.56. The Morgan fingerprint density at radius 3 is 2.71 bits per heavy atom. The summed E-state index contributed by atoms with van der Waals surface area (Å²) in [5.41, 5.74) is 2.01. The highest BCUT2D eigenvalue weighted by Crippen LogP contribution is 2.28. The van der Waals surface area contributed by atoms with Crippen molar-refractivity contribution in [3.05, 3.63) is 70.6 Å². The van der Waals surface area contributed by atoms with E-state index in [1.54, 1.807) is 6.07 Å². The summed E-state index contributed by atoms with van der Waals surface area (Å²) in [5, 5.41) is 20.8. The number of hydrogen-bond acceptors (Lipinski definition) is 4. The molecule has 3 aromatic rings. The third-order valence-electron chi connectivity index (χ3n) is 4.00. The molecule has 0 saturated heterocycles. The molecule has 1 aromatic heterocycles. The summed E-state index contributed by atoms with van der Waals surface area (Å²) in [5.74, 6) is -1.36. The van der Waals surface area contributed by atoms with E-state index in [0.717, 1.165) is 21.2 Å². The summed E-state index contributed by atoms with van der Waals surface area (Å²) < 4.78 is 1.01. The molecular formula is C20H17NO2S. The van der Waals surface area contributed by atoms with E-state index in [-0.39, 0.29) is 12.2 Å². The Balaban J connectivity index is 1.82. The lowest BCUT2D eigenvalue weighted by molar-refractivity contribution is 0.0782. The van der Waals surface area contributed by atoms with Gasteiger partial charge in [-0.2, -0.15) is 5.26 Å². The normalized spacial score (nSPS) is 13.4. The topological polar surface area (TPSA) is 61.1 Å². The van der Waals surface area contributed by atoms with Gasteiger partial charge in [-0.1, -0.05) is 48.0 Å². The van der Waals surface area contributed by atoms with E-state index in [9.17, 15) is 15.2 Å². The van der Waals surface area contributed by atoms with Crippen molar-refractivity contribution in [3.63, 3.8) is 0 Å². The number of benzene rings is 2. The molecule has 3 rings (SSSR count). The molecule has 0 aliphatic rings. The first-order valence-electron chi connectivity index (χ1n) is 7.74. The van der Waals surface area contributed by atoms with E-state index in [0.29, 0.717) is 4.88 Å². The summed E-state index contributed by atoms with van der Waals surface area (Å²) in [4.78, 5) is 13.2. The SMILES string of the molecule is Cc1cccc(CC(O)C(C#N)C(=O)c2cc3ccccc3s2)c1. The number of hydrogen-bond donors (Lipinski definition) is 1. The summed E-state index contributed by atoms with van der Waals surface area (Å²) in [6.07, 6.45) is -0.731. The van der Waals surface area contributed by atoms with Gasteiger partial charge in [-0.15, -0.1) is 11.3 Å². The standard InChI is InChI=1S/C20H17NO2S/c1-13-5-4-6-14(9-13)10-17(22)16(12-21)20(23)19-11-15-7-2-3-8-18(15)24-19/h2-9,11,16-17,22H,10H2,1H3. The van der Waals surface area contributed by atoms with Crippen LogP contribution in [-0.2, 0) is 6.42 Å². The third-order valence-corrected chi connectivity index (χ3v) is 5.13. The van der Waals surface area contributed by atoms with Gasteiger partial charge in [0.1, 0.15) is 5.92 Å². The fourth-order valence-corrected chi connectivity index (χ4v) is 3.82. The predicted molar refractivity (Wildman–Crippen MR) is 96.1 cm³/mol. The Kier molecular flexibility index (Phi) is 4.75. The molecule has 0 spiro atoms. The molecule has 2 atom stereocenters. The molecule has 0 radical (unpaired) electrons. The molecule has 120 valence electrons. The number of rotatable bonds is 5. The van der Waals surface area contributed by atoms with Crippen LogP contribution in [0.2, 0.25) is 0 Å². The molecule has 0 fully saturated rings. The minimum atomic E-state index is -1.06. The highest BCUT2D eigenvalue weighted by molar-refractivity contribution is 7.20. The van der Waals surface area contributed by atoms with Gasteiger partial charge in [0.15, 0.2) is 5.78 Å². The van der Waals surface area contributed by atoms with E-state index in [1.165, 1.54) is 11.3 Å². The number of aryl methyl sites for hydroxylation is 1. The summed E-state index contributed by atoms with van der Waals surface area (Å²) in [6.45, 7) is 1.97. The zero-order valence-corrected chi connectivity index (χ0v) is 14.1. The maximum absolute atomic E-state index is 12.7. The molecule has 24 heavy (non-hydrogen) atoms. The van der Waals surface area contributed by atoms with Gasteiger partial charge in [-0.3, -0.25) is 4.79 Å². The second kappa shape index (κ2) is 6.96. The molecule has 1 heterocycles. The molecule has 3 nitrogen and oxygen atoms in total. The monoisotopic (exact) mass is 335 g/mol. The highest BCUT2D eigenvalue weighted by Gasteiger charge is 2.29. The minimum Gasteiger partial charge on any atom is -0.391 e. The zero-order chi connectivity index (χ0) is 17.1. The van der Waals surface area contributed by atoms with Crippen LogP contribution in [0.5, 0.6) is 0 Å². The second-order valence-electron chi connectivity index (χ2n) is 5.88. The van der Waals surface area contributed by atoms with Gasteiger partial charge >= 0.3 is 0 Å². The number of Topliss-reactive ketones (excluding diaryl/α,β-unsaturated/α-hetero) is 1. The lowest BCUT2D eigenvalue weighted by Gasteiger charge is -2.15. The Bertz CT molecular complexity index is 890. The minimum absolute atomic E-state index is 0.288. The Morgan fingerprint density at radius 1 is 1.21 bits per heavy atom. The third kappa shape index (κ3) is 3.38. The number of fused-ring (bicyclic) bond motifs is 1. The van der Waals surface area contributed by atoms with Crippen LogP contribution < -0.4 is 0 Å². The Hall–Kier alpha value is -2.48. The molecule has 0 amide bonds. The summed E-state index contributed by atoms with van der Waals surface area (Å²) in [6, 6.07) is 19.2. The zero-order valence-electron chi connectivity index (χ0n) is 13.3. The Morgan fingerprint density at radius 2 is 2.00 bits per heavy atom. The van der Waals surface area contributed by atoms with E-state index in [2.05, 4.69) is 0 Å². The molecule has 0 aliphatic carbocycles. The number of carbonyl (C=O) groups is 1. The van der Waals surface area contributed by atoms with E-state index in [1.807, 2.05) is 61.5 Å². The van der Waals surface area contributed by atoms with Crippen LogP contribution in [0.4, 0.5) is 0 Å². The van der Waals surface area contributed by atoms with Gasteiger partial charge < -0.3 is 5.11 Å². The van der Waals surface area contributed by atoms with Crippen molar-refractivity contribution >= 4 is 27.2 Å². The first-order chi connectivity index (χ1) is 11.6. The summed E-state index contributed by atoms with van der Waals surface area (Å²) >= 11 is 1.36. The molecule has 4 heteroatoms. The number of ketones is 1. The van der Waals surface area contributed by atoms with E-state index in [4.69, 9.17) is 0 Å². The molecule has 0 aliphatic heterocycles. The van der Waals surface area contributed by atoms with Crippen molar-refractivity contribution in [1.29, 1.82) is 5.26 Å². The van der Waals surface area contributed by atoms with Crippen molar-refractivity contribution in [3.8, 4) is 6.07 Å². The lowest BCUT2D eigenvalue weighted by atomic mass is 9.92. The van der Waals surface area contributed by atoms with Crippen molar-refractivity contribution in [1.82, 2.24) is 0 Å². The average molecular weight is 335 g/mol. The highest BCUT2D eigenvalue weighted by atomic mass is 32.1. The molecule has 0 bridgehead atoms. The lowest BCUT2D eigenvalue weighted by Crippen LogP contribution is -2.28. The number of thiophene rings is 1. The van der Waals surface area contributed by atoms with Crippen LogP contribution in [-0.4, -0.2) is 17.0 Å². The van der Waals surface area contributed by atoms with Gasteiger partial charge in [0.05, 0.1) is 17.1 Å². The van der Waals surface area contributed by atoms with Crippen LogP contribution in [0.1, 0.15) is 20.8 Å². The maximum atomic E-state index is 12.7. The maximum Gasteiger partial charge on any atom is 0.192 e. The number of carbonyl (C=O) groups excluding carboxylic acids is 1. The van der Waals surface area contributed by atoms with Crippen LogP contribution in [0, 0.1) is 24.2 Å². The van der Waals surface area contributed by atoms with Gasteiger partial charge in [-0.05, 0) is 30.0 Å². The first kappa shape index (κ1) is 16.4. The van der Waals surface area contributed by atoms with E-state index >= 15 is 0 Å². The van der Waals surface area contributed by atoms with Crippen LogP contribution >= 0.6 is 11.3 Å². The van der Waals surface area contributed by atoms with Crippen molar-refractivity contribution in [2.45, 2.75) is 19.4 Å². The number of aliphatic hydroxyl groups is 1. The quantitative estimate of drug-likeness (QED) is 0.713. The van der Waals surface area contributed by atoms with Crippen molar-refractivity contribution < 1.29 is 9.90 Å². The Labute approximate surface area is 144 Å². The molecule has 2 aromatic carbocycles. The molecule has 0 saturated carbocycles. The number of aliphatic hydroxyl groups excluding tert-OH is 1. The van der Waals surface area contributed by atoms with Crippen LogP contribution in [0.25, 0.3) is 10.1 Å². The van der Waals surface area contributed by atoms with Gasteiger partial charge in [0, 0.05) is 11.1 Å². The van der Waals surface area contributed by atoms with Gasteiger partial charge in [0.2, 0.25) is 0 Å².